The van der Waals surface area contributed by atoms with Gasteiger partial charge in [0.1, 0.15) is 11.9 Å². The molecule has 4 heteroatoms. The van der Waals surface area contributed by atoms with Crippen LogP contribution in [0.3, 0.4) is 0 Å². The summed E-state index contributed by atoms with van der Waals surface area (Å²) in [5.74, 6) is -0.169. The number of halogens is 1. The van der Waals surface area contributed by atoms with Crippen LogP contribution < -0.4 is 5.32 Å². The molecule has 0 bridgehead atoms. The Hall–Kier alpha value is -0.970. The Morgan fingerprint density at radius 2 is 2.24 bits per heavy atom. The zero-order valence-electron chi connectivity index (χ0n) is 9.62. The average molecular weight is 237 g/mol. The Morgan fingerprint density at radius 3 is 3.06 bits per heavy atom. The van der Waals surface area contributed by atoms with Crippen molar-refractivity contribution in [3.8, 4) is 0 Å². The summed E-state index contributed by atoms with van der Waals surface area (Å²) < 4.78 is 24.5. The highest BCUT2D eigenvalue weighted by molar-refractivity contribution is 5.32. The van der Waals surface area contributed by atoms with Gasteiger partial charge in [0.05, 0.1) is 25.9 Å². The van der Waals surface area contributed by atoms with Crippen molar-refractivity contribution in [3.05, 3.63) is 35.1 Å². The summed E-state index contributed by atoms with van der Waals surface area (Å²) in [5, 5.41) is 3.40. The summed E-state index contributed by atoms with van der Waals surface area (Å²) in [6, 6.07) is 5.14. The molecule has 1 aromatic rings. The number of nitrogens with one attached hydrogen (secondary N) is 1. The number of morpholine rings is 1. The topological polar surface area (TPSA) is 30.5 Å². The molecule has 0 aliphatic carbocycles. The minimum Gasteiger partial charge on any atom is -0.378 e. The number of ether oxygens (including phenoxy) is 2. The van der Waals surface area contributed by atoms with Gasteiger partial charge in [-0.3, -0.25) is 0 Å². The highest BCUT2D eigenvalue weighted by Crippen LogP contribution is 2.30. The highest BCUT2D eigenvalue weighted by atomic mass is 19.1. The number of benzene rings is 1. The van der Waals surface area contributed by atoms with Gasteiger partial charge in [0, 0.05) is 6.54 Å². The van der Waals surface area contributed by atoms with Crippen LogP contribution in [0.4, 0.5) is 4.39 Å². The molecular formula is C13H16FNO2. The van der Waals surface area contributed by atoms with Crippen molar-refractivity contribution in [1.82, 2.24) is 5.32 Å². The van der Waals surface area contributed by atoms with Crippen LogP contribution in [0.1, 0.15) is 17.2 Å². The molecule has 3 nitrogen and oxygen atoms in total. The maximum Gasteiger partial charge on any atom is 0.123 e. The first-order chi connectivity index (χ1) is 8.34. The molecule has 17 heavy (non-hydrogen) atoms. The third-order valence-electron chi connectivity index (χ3n) is 3.40. The van der Waals surface area contributed by atoms with Gasteiger partial charge in [0.15, 0.2) is 0 Å². The molecule has 1 saturated heterocycles. The molecule has 3 rings (SSSR count). The van der Waals surface area contributed by atoms with Crippen LogP contribution in [-0.2, 0) is 15.9 Å². The van der Waals surface area contributed by atoms with Crippen LogP contribution in [0.2, 0.25) is 0 Å². The lowest BCUT2D eigenvalue weighted by atomic mass is 9.93. The fourth-order valence-electron chi connectivity index (χ4n) is 2.57. The number of rotatable bonds is 1. The van der Waals surface area contributed by atoms with Gasteiger partial charge in [-0.25, -0.2) is 4.39 Å². The van der Waals surface area contributed by atoms with Crippen molar-refractivity contribution in [1.29, 1.82) is 0 Å². The first-order valence-electron chi connectivity index (χ1n) is 6.05. The summed E-state index contributed by atoms with van der Waals surface area (Å²) in [6.07, 6.45) is 0.775. The quantitative estimate of drug-likeness (QED) is 0.801. The number of fused-ring (bicyclic) bond motifs is 1. The predicted molar refractivity (Wildman–Crippen MR) is 61.4 cm³/mol. The molecule has 1 fully saturated rings. The Labute approximate surface area is 99.9 Å². The van der Waals surface area contributed by atoms with Crippen molar-refractivity contribution in [2.24, 2.45) is 0 Å². The lowest BCUT2D eigenvalue weighted by Gasteiger charge is -2.35. The Kier molecular flexibility index (Phi) is 3.09. The van der Waals surface area contributed by atoms with Crippen LogP contribution in [0.15, 0.2) is 18.2 Å². The average Bonchev–Trinajstić information content (AvgIpc) is 2.39. The van der Waals surface area contributed by atoms with Gasteiger partial charge < -0.3 is 14.8 Å². The minimum atomic E-state index is -0.169. The standard InChI is InChI=1S/C13H16FNO2/c14-10-1-2-11-9(7-10)3-5-17-13(11)12-8-16-6-4-15-12/h1-2,7,12-13,15H,3-6,8H2/t12-,13-/m0/s1. The molecule has 0 unspecified atom stereocenters. The van der Waals surface area contributed by atoms with E-state index in [1.165, 1.54) is 6.07 Å². The van der Waals surface area contributed by atoms with E-state index >= 15 is 0 Å². The first kappa shape index (κ1) is 11.1. The van der Waals surface area contributed by atoms with Gasteiger partial charge in [-0.2, -0.15) is 0 Å². The maximum absolute atomic E-state index is 13.2. The lowest BCUT2D eigenvalue weighted by Crippen LogP contribution is -2.46. The molecular weight excluding hydrogens is 221 g/mol. The third-order valence-corrected chi connectivity index (χ3v) is 3.40. The van der Waals surface area contributed by atoms with E-state index < -0.39 is 0 Å². The van der Waals surface area contributed by atoms with Crippen LogP contribution in [0.5, 0.6) is 0 Å². The zero-order chi connectivity index (χ0) is 11.7. The van der Waals surface area contributed by atoms with Gasteiger partial charge in [-0.1, -0.05) is 6.07 Å². The maximum atomic E-state index is 13.2. The summed E-state index contributed by atoms with van der Waals surface area (Å²) in [5.41, 5.74) is 2.16. The molecule has 1 aromatic carbocycles. The van der Waals surface area contributed by atoms with Gasteiger partial charge in [-0.05, 0) is 29.7 Å². The second-order valence-electron chi connectivity index (χ2n) is 4.52. The van der Waals surface area contributed by atoms with Gasteiger partial charge >= 0.3 is 0 Å². The molecule has 0 saturated carbocycles. The van der Waals surface area contributed by atoms with Crippen LogP contribution in [-0.4, -0.2) is 32.4 Å². The fraction of sp³-hybridized carbons (Fsp3) is 0.538. The zero-order valence-corrected chi connectivity index (χ0v) is 9.62. The Bertz CT molecular complexity index is 404. The normalized spacial score (nSPS) is 28.8. The van der Waals surface area contributed by atoms with E-state index in [4.69, 9.17) is 9.47 Å². The van der Waals surface area contributed by atoms with Gasteiger partial charge in [0.2, 0.25) is 0 Å². The molecule has 2 heterocycles. The molecule has 0 amide bonds. The molecule has 2 aliphatic rings. The second kappa shape index (κ2) is 4.72. The third kappa shape index (κ3) is 2.20. The van der Waals surface area contributed by atoms with E-state index in [-0.39, 0.29) is 18.0 Å². The smallest absolute Gasteiger partial charge is 0.123 e. The lowest BCUT2D eigenvalue weighted by molar-refractivity contribution is -0.0311. The van der Waals surface area contributed by atoms with Crippen molar-refractivity contribution < 1.29 is 13.9 Å². The van der Waals surface area contributed by atoms with E-state index in [0.29, 0.717) is 13.2 Å². The number of hydrogen-bond donors (Lipinski definition) is 1. The van der Waals surface area contributed by atoms with Crippen LogP contribution in [0.25, 0.3) is 0 Å². The molecule has 92 valence electrons. The second-order valence-corrected chi connectivity index (χ2v) is 4.52. The van der Waals surface area contributed by atoms with Crippen molar-refractivity contribution in [2.45, 2.75) is 18.6 Å². The molecule has 0 spiro atoms. The van der Waals surface area contributed by atoms with Crippen LogP contribution in [0, 0.1) is 5.82 Å². The van der Waals surface area contributed by atoms with E-state index in [1.807, 2.05) is 6.07 Å². The van der Waals surface area contributed by atoms with Gasteiger partial charge in [-0.15, -0.1) is 0 Å². The summed E-state index contributed by atoms with van der Waals surface area (Å²) >= 11 is 0. The van der Waals surface area contributed by atoms with Gasteiger partial charge in [0.25, 0.3) is 0 Å². The molecule has 0 aromatic heterocycles. The van der Waals surface area contributed by atoms with Crippen molar-refractivity contribution in [3.63, 3.8) is 0 Å². The summed E-state index contributed by atoms with van der Waals surface area (Å²) in [6.45, 7) is 2.90. The highest BCUT2D eigenvalue weighted by Gasteiger charge is 2.30. The molecule has 2 aliphatic heterocycles. The van der Waals surface area contributed by atoms with E-state index in [2.05, 4.69) is 5.32 Å². The SMILES string of the molecule is Fc1ccc2c(c1)CCO[C@@H]2[C@@H]1COCCN1. The van der Waals surface area contributed by atoms with E-state index in [0.717, 1.165) is 30.7 Å². The summed E-state index contributed by atoms with van der Waals surface area (Å²) in [7, 11) is 0. The molecule has 0 radical (unpaired) electrons. The van der Waals surface area contributed by atoms with Crippen molar-refractivity contribution >= 4 is 0 Å². The largest absolute Gasteiger partial charge is 0.378 e. The van der Waals surface area contributed by atoms with Crippen molar-refractivity contribution in [2.75, 3.05) is 26.4 Å². The minimum absolute atomic E-state index is 0.0142. The first-order valence-corrected chi connectivity index (χ1v) is 6.05. The summed E-state index contributed by atoms with van der Waals surface area (Å²) in [4.78, 5) is 0. The monoisotopic (exact) mass is 237 g/mol. The van der Waals surface area contributed by atoms with Crippen LogP contribution >= 0.6 is 0 Å². The number of hydrogen-bond acceptors (Lipinski definition) is 3. The Morgan fingerprint density at radius 1 is 1.29 bits per heavy atom. The Balaban J connectivity index is 1.88. The molecule has 1 N–H and O–H groups in total. The predicted octanol–water partition coefficient (Wildman–Crippen LogP) is 1.43. The fourth-order valence-corrected chi connectivity index (χ4v) is 2.57. The molecule has 2 atom stereocenters. The van der Waals surface area contributed by atoms with E-state index in [9.17, 15) is 4.39 Å². The van der Waals surface area contributed by atoms with E-state index in [1.54, 1.807) is 6.07 Å².